The van der Waals surface area contributed by atoms with Gasteiger partial charge in [0.2, 0.25) is 0 Å². The molecule has 0 unspecified atom stereocenters. The Balaban J connectivity index is 0.000000686. The summed E-state index contributed by atoms with van der Waals surface area (Å²) in [6, 6.07) is 0. The van der Waals surface area contributed by atoms with Gasteiger partial charge in [0.1, 0.15) is 0 Å². The fourth-order valence-corrected chi connectivity index (χ4v) is 1.31. The number of nitrogens with zero attached hydrogens (tertiary/aromatic N) is 3. The topological polar surface area (TPSA) is 72.7 Å². The van der Waals surface area contributed by atoms with Crippen LogP contribution < -0.4 is 11.2 Å². The molecule has 1 N–H and O–H groups in total. The van der Waals surface area contributed by atoms with Gasteiger partial charge in [0.25, 0.3) is 5.56 Å². The van der Waals surface area contributed by atoms with E-state index in [2.05, 4.69) is 9.97 Å². The fraction of sp³-hybridized carbons (Fsp3) is 0.364. The lowest BCUT2D eigenvalue weighted by Crippen LogP contribution is -2.30. The summed E-state index contributed by atoms with van der Waals surface area (Å²) in [5.74, 6) is 0. The van der Waals surface area contributed by atoms with E-state index in [0.29, 0.717) is 12.1 Å². The van der Waals surface area contributed by atoms with Crippen molar-refractivity contribution in [2.45, 2.75) is 20.4 Å². The molecule has 0 atom stereocenters. The smallest absolute Gasteiger partial charge is 0.328 e. The summed E-state index contributed by atoms with van der Waals surface area (Å²) in [5, 5.41) is 0. The van der Waals surface area contributed by atoms with E-state index < -0.39 is 5.69 Å². The predicted molar refractivity (Wildman–Crippen MR) is 65.0 cm³/mol. The quantitative estimate of drug-likeness (QED) is 0.817. The van der Waals surface area contributed by atoms with Gasteiger partial charge >= 0.3 is 5.69 Å². The Morgan fingerprint density at radius 1 is 1.35 bits per heavy atom. The fourth-order valence-electron chi connectivity index (χ4n) is 1.31. The molecule has 0 saturated carbocycles. The van der Waals surface area contributed by atoms with Crippen molar-refractivity contribution >= 4 is 0 Å². The number of nitrogens with one attached hydrogen (secondary N) is 1. The van der Waals surface area contributed by atoms with Gasteiger partial charge in [0.15, 0.2) is 0 Å². The van der Waals surface area contributed by atoms with Crippen molar-refractivity contribution in [1.82, 2.24) is 19.1 Å². The number of aryl methyl sites for hydroxylation is 1. The van der Waals surface area contributed by atoms with Crippen LogP contribution in [0.5, 0.6) is 0 Å². The van der Waals surface area contributed by atoms with Gasteiger partial charge in [-0.15, -0.1) is 0 Å². The molecule has 0 amide bonds. The van der Waals surface area contributed by atoms with E-state index in [9.17, 15) is 9.59 Å². The highest BCUT2D eigenvalue weighted by molar-refractivity contribution is 5.05. The van der Waals surface area contributed by atoms with Crippen LogP contribution in [-0.2, 0) is 13.6 Å². The molecule has 6 nitrogen and oxygen atoms in total. The molecule has 0 aliphatic carbocycles. The van der Waals surface area contributed by atoms with Crippen molar-refractivity contribution in [2.75, 3.05) is 0 Å². The van der Waals surface area contributed by atoms with E-state index in [0.717, 1.165) is 0 Å². The second-order valence-corrected chi connectivity index (χ2v) is 3.26. The zero-order valence-electron chi connectivity index (χ0n) is 10.2. The van der Waals surface area contributed by atoms with Crippen molar-refractivity contribution < 1.29 is 0 Å². The maximum atomic E-state index is 11.4. The Hall–Kier alpha value is -2.11. The average Bonchev–Trinajstić information content (AvgIpc) is 2.81. The van der Waals surface area contributed by atoms with Crippen LogP contribution in [0.4, 0.5) is 0 Å². The number of aromatic amines is 1. The van der Waals surface area contributed by atoms with Crippen LogP contribution in [0.25, 0.3) is 0 Å². The van der Waals surface area contributed by atoms with Crippen molar-refractivity contribution in [3.8, 4) is 0 Å². The van der Waals surface area contributed by atoms with E-state index in [4.69, 9.17) is 0 Å². The van der Waals surface area contributed by atoms with Gasteiger partial charge in [0.05, 0.1) is 18.4 Å². The van der Waals surface area contributed by atoms with Crippen molar-refractivity contribution in [3.05, 3.63) is 51.3 Å². The largest absolute Gasteiger partial charge is 0.333 e. The molecule has 2 rings (SSSR count). The molecule has 92 valence electrons. The molecule has 0 aliphatic rings. The SMILES string of the molecule is CC.Cn1cc(Cn2ccnc2)c(=O)[nH]c1=O. The first-order valence-corrected chi connectivity index (χ1v) is 5.41. The van der Waals surface area contributed by atoms with Crippen LogP contribution in [-0.4, -0.2) is 19.1 Å². The van der Waals surface area contributed by atoms with Crippen LogP contribution in [0.2, 0.25) is 0 Å². The second kappa shape index (κ2) is 5.83. The molecular formula is C11H16N4O2. The number of H-pyrrole nitrogens is 1. The van der Waals surface area contributed by atoms with Crippen LogP contribution >= 0.6 is 0 Å². The Labute approximate surface area is 98.6 Å². The standard InChI is InChI=1S/C9H10N4O2.C2H6/c1-12-4-7(8(14)11-9(12)15)5-13-3-2-10-6-13;1-2/h2-4,6H,5H2,1H3,(H,11,14,15);1-2H3. The third kappa shape index (κ3) is 3.17. The highest BCUT2D eigenvalue weighted by Crippen LogP contribution is 1.93. The van der Waals surface area contributed by atoms with E-state index >= 15 is 0 Å². The van der Waals surface area contributed by atoms with E-state index in [1.807, 2.05) is 13.8 Å². The minimum atomic E-state index is -0.408. The average molecular weight is 236 g/mol. The lowest BCUT2D eigenvalue weighted by molar-refractivity contribution is 0.729. The molecule has 0 radical (unpaired) electrons. The molecule has 2 aromatic rings. The Morgan fingerprint density at radius 2 is 2.06 bits per heavy atom. The van der Waals surface area contributed by atoms with Gasteiger partial charge in [-0.3, -0.25) is 9.78 Å². The van der Waals surface area contributed by atoms with Gasteiger partial charge in [-0.1, -0.05) is 13.8 Å². The van der Waals surface area contributed by atoms with Gasteiger partial charge in [-0.25, -0.2) is 9.78 Å². The summed E-state index contributed by atoms with van der Waals surface area (Å²) in [6.07, 6.45) is 6.53. The van der Waals surface area contributed by atoms with Crippen LogP contribution in [0.1, 0.15) is 19.4 Å². The van der Waals surface area contributed by atoms with Crippen LogP contribution in [0, 0.1) is 0 Å². The zero-order chi connectivity index (χ0) is 12.8. The highest BCUT2D eigenvalue weighted by atomic mass is 16.2. The maximum absolute atomic E-state index is 11.4. The summed E-state index contributed by atoms with van der Waals surface area (Å²) in [4.78, 5) is 28.6. The lowest BCUT2D eigenvalue weighted by Gasteiger charge is -2.02. The molecule has 0 aliphatic heterocycles. The maximum Gasteiger partial charge on any atom is 0.328 e. The van der Waals surface area contributed by atoms with Crippen molar-refractivity contribution in [2.24, 2.45) is 7.05 Å². The first-order valence-electron chi connectivity index (χ1n) is 5.41. The van der Waals surface area contributed by atoms with Crippen molar-refractivity contribution in [3.63, 3.8) is 0 Å². The Morgan fingerprint density at radius 3 is 2.65 bits per heavy atom. The minimum absolute atomic E-state index is 0.355. The summed E-state index contributed by atoms with van der Waals surface area (Å²) < 4.78 is 3.10. The second-order valence-electron chi connectivity index (χ2n) is 3.26. The molecule has 0 aromatic carbocycles. The third-order valence-corrected chi connectivity index (χ3v) is 2.09. The molecule has 0 fully saturated rings. The minimum Gasteiger partial charge on any atom is -0.333 e. The first kappa shape index (κ1) is 13.0. The van der Waals surface area contributed by atoms with Gasteiger partial charge in [0, 0.05) is 25.6 Å². The van der Waals surface area contributed by atoms with E-state index in [1.165, 1.54) is 10.8 Å². The molecule has 17 heavy (non-hydrogen) atoms. The molecule has 0 bridgehead atoms. The first-order chi connectivity index (χ1) is 8.16. The van der Waals surface area contributed by atoms with Gasteiger partial charge in [-0.2, -0.15) is 0 Å². The number of aromatic nitrogens is 4. The van der Waals surface area contributed by atoms with E-state index in [1.54, 1.807) is 30.3 Å². The number of rotatable bonds is 2. The number of hydrogen-bond donors (Lipinski definition) is 1. The van der Waals surface area contributed by atoms with Gasteiger partial charge < -0.3 is 9.13 Å². The summed E-state index contributed by atoms with van der Waals surface area (Å²) in [5.41, 5.74) is -0.240. The monoisotopic (exact) mass is 236 g/mol. The Bertz CT molecular complexity index is 566. The number of imidazole rings is 1. The predicted octanol–water partition coefficient (Wildman–Crippen LogP) is 0.345. The highest BCUT2D eigenvalue weighted by Gasteiger charge is 2.02. The molecular weight excluding hydrogens is 220 g/mol. The summed E-state index contributed by atoms with van der Waals surface area (Å²) in [6.45, 7) is 4.41. The van der Waals surface area contributed by atoms with Crippen molar-refractivity contribution in [1.29, 1.82) is 0 Å². The molecule has 0 spiro atoms. The summed E-state index contributed by atoms with van der Waals surface area (Å²) >= 11 is 0. The number of hydrogen-bond acceptors (Lipinski definition) is 3. The third-order valence-electron chi connectivity index (χ3n) is 2.09. The molecule has 0 saturated heterocycles. The Kier molecular flexibility index (Phi) is 4.45. The molecule has 2 heterocycles. The van der Waals surface area contributed by atoms with Crippen LogP contribution in [0.15, 0.2) is 34.5 Å². The molecule has 6 heteroatoms. The molecule has 2 aromatic heterocycles. The lowest BCUT2D eigenvalue weighted by atomic mass is 10.3. The summed E-state index contributed by atoms with van der Waals surface area (Å²) in [7, 11) is 1.59. The van der Waals surface area contributed by atoms with Gasteiger partial charge in [-0.05, 0) is 0 Å². The van der Waals surface area contributed by atoms with Crippen LogP contribution in [0.3, 0.4) is 0 Å². The van der Waals surface area contributed by atoms with E-state index in [-0.39, 0.29) is 5.56 Å². The zero-order valence-corrected chi connectivity index (χ0v) is 10.2. The normalized spacial score (nSPS) is 9.59.